The molecule has 0 aliphatic carbocycles. The zero-order chi connectivity index (χ0) is 20.5. The number of anilines is 1. The minimum Gasteiger partial charge on any atom is -0.507 e. The largest absolute Gasteiger partial charge is 0.507 e. The van der Waals surface area contributed by atoms with Gasteiger partial charge in [0.2, 0.25) is 0 Å². The molecule has 3 heteroatoms. The number of nitrogens with one attached hydrogen (secondary N) is 1. The summed E-state index contributed by atoms with van der Waals surface area (Å²) in [6.07, 6.45) is 0. The molecule has 0 spiro atoms. The molecule has 144 valence electrons. The second kappa shape index (κ2) is 7.37. The molecule has 0 atom stereocenters. The normalized spacial score (nSPS) is 10.9. The van der Waals surface area contributed by atoms with Crippen LogP contribution in [0.15, 0.2) is 103 Å². The molecule has 0 aliphatic heterocycles. The number of rotatable bonds is 3. The van der Waals surface area contributed by atoms with E-state index in [0.717, 1.165) is 27.1 Å². The number of hydrogen-bond acceptors (Lipinski definition) is 2. The Kier molecular flexibility index (Phi) is 4.41. The summed E-state index contributed by atoms with van der Waals surface area (Å²) in [4.78, 5) is 13.0. The fourth-order valence-corrected chi connectivity index (χ4v) is 3.90. The Morgan fingerprint density at radius 3 is 2.23 bits per heavy atom. The van der Waals surface area contributed by atoms with Gasteiger partial charge >= 0.3 is 0 Å². The third kappa shape index (κ3) is 3.16. The van der Waals surface area contributed by atoms with Crippen molar-refractivity contribution >= 4 is 33.1 Å². The minimum absolute atomic E-state index is 0.127. The first kappa shape index (κ1) is 18.0. The van der Waals surface area contributed by atoms with Crippen molar-refractivity contribution in [2.75, 3.05) is 5.32 Å². The van der Waals surface area contributed by atoms with Crippen LogP contribution in [0.5, 0.6) is 5.75 Å². The average Bonchev–Trinajstić information content (AvgIpc) is 2.79. The first-order valence-corrected chi connectivity index (χ1v) is 9.81. The lowest BCUT2D eigenvalue weighted by atomic mass is 9.96. The molecule has 0 unspecified atom stereocenters. The summed E-state index contributed by atoms with van der Waals surface area (Å²) >= 11 is 0. The lowest BCUT2D eigenvalue weighted by Crippen LogP contribution is -2.12. The van der Waals surface area contributed by atoms with Crippen LogP contribution in [0.25, 0.3) is 32.7 Å². The second-order valence-electron chi connectivity index (χ2n) is 7.24. The minimum atomic E-state index is -0.215. The summed E-state index contributed by atoms with van der Waals surface area (Å²) in [6, 6.07) is 32.7. The summed E-state index contributed by atoms with van der Waals surface area (Å²) in [5.41, 5.74) is 2.63. The Bertz CT molecular complexity index is 1400. The second-order valence-corrected chi connectivity index (χ2v) is 7.24. The van der Waals surface area contributed by atoms with Gasteiger partial charge in [-0.15, -0.1) is 0 Å². The lowest BCUT2D eigenvalue weighted by molar-refractivity contribution is 0.102. The van der Waals surface area contributed by atoms with Crippen molar-refractivity contribution in [3.8, 4) is 16.9 Å². The van der Waals surface area contributed by atoms with Crippen LogP contribution in [-0.4, -0.2) is 11.0 Å². The SMILES string of the molecule is O=C(Nc1cccc(O)c1-c1cccc2ccccc12)c1ccc2ccccc2c1. The van der Waals surface area contributed by atoms with E-state index in [1.165, 1.54) is 0 Å². The van der Waals surface area contributed by atoms with Crippen LogP contribution in [-0.2, 0) is 0 Å². The molecule has 0 bridgehead atoms. The maximum absolute atomic E-state index is 13.0. The van der Waals surface area contributed by atoms with Crippen molar-refractivity contribution in [2.24, 2.45) is 0 Å². The maximum atomic E-state index is 13.0. The molecule has 0 radical (unpaired) electrons. The van der Waals surface area contributed by atoms with Crippen LogP contribution in [0.1, 0.15) is 10.4 Å². The van der Waals surface area contributed by atoms with E-state index in [0.29, 0.717) is 16.8 Å². The van der Waals surface area contributed by atoms with Crippen LogP contribution < -0.4 is 5.32 Å². The van der Waals surface area contributed by atoms with Gasteiger partial charge in [-0.25, -0.2) is 0 Å². The van der Waals surface area contributed by atoms with Crippen LogP contribution in [0.3, 0.4) is 0 Å². The Morgan fingerprint density at radius 1 is 0.667 bits per heavy atom. The molecule has 0 aromatic heterocycles. The fraction of sp³-hybridized carbons (Fsp3) is 0. The predicted molar refractivity (Wildman–Crippen MR) is 123 cm³/mol. The number of carbonyl (C=O) groups is 1. The molecule has 3 nitrogen and oxygen atoms in total. The molecule has 0 aliphatic rings. The van der Waals surface area contributed by atoms with Crippen molar-refractivity contribution in [3.05, 3.63) is 109 Å². The predicted octanol–water partition coefficient (Wildman–Crippen LogP) is 6.62. The van der Waals surface area contributed by atoms with Crippen molar-refractivity contribution in [1.29, 1.82) is 0 Å². The van der Waals surface area contributed by atoms with Gasteiger partial charge in [0.25, 0.3) is 5.91 Å². The number of hydrogen-bond donors (Lipinski definition) is 2. The maximum Gasteiger partial charge on any atom is 0.255 e. The Morgan fingerprint density at radius 2 is 1.37 bits per heavy atom. The topological polar surface area (TPSA) is 49.3 Å². The van der Waals surface area contributed by atoms with Crippen molar-refractivity contribution in [3.63, 3.8) is 0 Å². The number of phenols is 1. The zero-order valence-corrected chi connectivity index (χ0v) is 16.2. The van der Waals surface area contributed by atoms with Gasteiger partial charge < -0.3 is 10.4 Å². The Labute approximate surface area is 174 Å². The number of carbonyl (C=O) groups excluding carboxylic acids is 1. The molecule has 0 fully saturated rings. The van der Waals surface area contributed by atoms with E-state index in [9.17, 15) is 9.90 Å². The summed E-state index contributed by atoms with van der Waals surface area (Å²) < 4.78 is 0. The first-order valence-electron chi connectivity index (χ1n) is 9.81. The summed E-state index contributed by atoms with van der Waals surface area (Å²) in [5.74, 6) is -0.0875. The Balaban J connectivity index is 1.58. The zero-order valence-electron chi connectivity index (χ0n) is 16.2. The smallest absolute Gasteiger partial charge is 0.255 e. The van der Waals surface area contributed by atoms with Crippen molar-refractivity contribution in [2.45, 2.75) is 0 Å². The van der Waals surface area contributed by atoms with Crippen LogP contribution in [0.2, 0.25) is 0 Å². The van der Waals surface area contributed by atoms with E-state index in [2.05, 4.69) is 5.32 Å². The third-order valence-corrected chi connectivity index (χ3v) is 5.36. The van der Waals surface area contributed by atoms with Gasteiger partial charge in [-0.2, -0.15) is 0 Å². The number of aromatic hydroxyl groups is 1. The molecule has 0 saturated heterocycles. The van der Waals surface area contributed by atoms with E-state index < -0.39 is 0 Å². The van der Waals surface area contributed by atoms with Gasteiger partial charge in [0.05, 0.1) is 5.69 Å². The number of fused-ring (bicyclic) bond motifs is 2. The molecule has 5 rings (SSSR count). The molecule has 0 heterocycles. The number of benzene rings is 5. The molecule has 5 aromatic rings. The highest BCUT2D eigenvalue weighted by atomic mass is 16.3. The third-order valence-electron chi connectivity index (χ3n) is 5.36. The highest BCUT2D eigenvalue weighted by molar-refractivity contribution is 6.10. The molecule has 1 amide bonds. The molecule has 2 N–H and O–H groups in total. The van der Waals surface area contributed by atoms with E-state index >= 15 is 0 Å². The fourth-order valence-electron chi connectivity index (χ4n) is 3.90. The van der Waals surface area contributed by atoms with E-state index in [4.69, 9.17) is 0 Å². The molecule has 5 aromatic carbocycles. The molecular formula is C27H19NO2. The van der Waals surface area contributed by atoms with Gasteiger partial charge in [0.15, 0.2) is 0 Å². The highest BCUT2D eigenvalue weighted by Crippen LogP contribution is 2.40. The van der Waals surface area contributed by atoms with Crippen LogP contribution in [0.4, 0.5) is 5.69 Å². The van der Waals surface area contributed by atoms with Gasteiger partial charge in [-0.3, -0.25) is 4.79 Å². The number of amides is 1. The van der Waals surface area contributed by atoms with Crippen LogP contribution in [0, 0.1) is 0 Å². The van der Waals surface area contributed by atoms with Gasteiger partial charge in [-0.1, -0.05) is 78.9 Å². The van der Waals surface area contributed by atoms with Crippen molar-refractivity contribution < 1.29 is 9.90 Å². The molecule has 0 saturated carbocycles. The highest BCUT2D eigenvalue weighted by Gasteiger charge is 2.16. The first-order chi connectivity index (χ1) is 14.7. The molecular weight excluding hydrogens is 370 g/mol. The van der Waals surface area contributed by atoms with Gasteiger partial charge in [0, 0.05) is 11.1 Å². The quantitative estimate of drug-likeness (QED) is 0.364. The summed E-state index contributed by atoms with van der Waals surface area (Å²) in [6.45, 7) is 0. The van der Waals surface area contributed by atoms with Crippen LogP contribution >= 0.6 is 0 Å². The summed E-state index contributed by atoms with van der Waals surface area (Å²) in [7, 11) is 0. The number of phenolic OH excluding ortho intramolecular Hbond substituents is 1. The Hall–Kier alpha value is -4.11. The molecule has 30 heavy (non-hydrogen) atoms. The summed E-state index contributed by atoms with van der Waals surface area (Å²) in [5, 5.41) is 17.9. The average molecular weight is 389 g/mol. The van der Waals surface area contributed by atoms with Gasteiger partial charge in [0.1, 0.15) is 5.75 Å². The standard InChI is InChI=1S/C27H19NO2/c29-25-14-6-13-24(26(25)23-12-5-10-19-8-3-4-11-22(19)23)28-27(30)21-16-15-18-7-1-2-9-20(18)17-21/h1-17,29H,(H,28,30). The monoisotopic (exact) mass is 389 g/mol. The van der Waals surface area contributed by atoms with E-state index in [1.54, 1.807) is 12.1 Å². The lowest BCUT2D eigenvalue weighted by Gasteiger charge is -2.15. The van der Waals surface area contributed by atoms with Gasteiger partial charge in [-0.05, 0) is 51.4 Å². The van der Waals surface area contributed by atoms with E-state index in [-0.39, 0.29) is 11.7 Å². The van der Waals surface area contributed by atoms with E-state index in [1.807, 2.05) is 91.0 Å². The van der Waals surface area contributed by atoms with Crippen molar-refractivity contribution in [1.82, 2.24) is 0 Å².